The summed E-state index contributed by atoms with van der Waals surface area (Å²) in [5.41, 5.74) is 0.290. The monoisotopic (exact) mass is 435 g/mol. The van der Waals surface area contributed by atoms with Gasteiger partial charge in [0, 0.05) is 3.57 Å². The van der Waals surface area contributed by atoms with E-state index in [2.05, 4.69) is 5.32 Å². The van der Waals surface area contributed by atoms with Crippen molar-refractivity contribution in [2.75, 3.05) is 5.32 Å². The lowest BCUT2D eigenvalue weighted by molar-refractivity contribution is 0.0698. The van der Waals surface area contributed by atoms with Crippen molar-refractivity contribution in [3.05, 3.63) is 61.1 Å². The summed E-state index contributed by atoms with van der Waals surface area (Å²) in [6.07, 6.45) is 0. The van der Waals surface area contributed by atoms with E-state index in [-0.39, 0.29) is 26.9 Å². The fourth-order valence-corrected chi connectivity index (χ4v) is 2.76. The number of rotatable bonds is 3. The maximum atomic E-state index is 12.2. The number of anilines is 1. The largest absolute Gasteiger partial charge is 0.478 e. The molecule has 0 fully saturated rings. The molecule has 2 rings (SSSR count). The molecule has 0 spiro atoms. The number of nitrogens with one attached hydrogen (secondary N) is 1. The van der Waals surface area contributed by atoms with Gasteiger partial charge in [0.25, 0.3) is 5.91 Å². The van der Waals surface area contributed by atoms with Crippen LogP contribution in [0, 0.1) is 3.57 Å². The number of hydrogen-bond acceptors (Lipinski definition) is 2. The first-order valence-electron chi connectivity index (χ1n) is 5.68. The molecule has 0 saturated carbocycles. The van der Waals surface area contributed by atoms with Crippen LogP contribution in [-0.2, 0) is 0 Å². The van der Waals surface area contributed by atoms with Gasteiger partial charge in [0.05, 0.1) is 26.9 Å². The Labute approximate surface area is 144 Å². The highest BCUT2D eigenvalue weighted by Crippen LogP contribution is 2.26. The third-order valence-electron chi connectivity index (χ3n) is 2.65. The van der Waals surface area contributed by atoms with Crippen molar-refractivity contribution in [2.24, 2.45) is 0 Å². The molecule has 0 aliphatic heterocycles. The predicted octanol–water partition coefficient (Wildman–Crippen LogP) is 4.55. The van der Waals surface area contributed by atoms with Crippen LogP contribution in [0.2, 0.25) is 10.0 Å². The van der Waals surface area contributed by atoms with Gasteiger partial charge in [-0.1, -0.05) is 29.3 Å². The Morgan fingerprint density at radius 2 is 1.71 bits per heavy atom. The van der Waals surface area contributed by atoms with Crippen LogP contribution in [0.4, 0.5) is 5.69 Å². The molecule has 0 aliphatic carbocycles. The van der Waals surface area contributed by atoms with Gasteiger partial charge >= 0.3 is 5.97 Å². The maximum absolute atomic E-state index is 12.2. The van der Waals surface area contributed by atoms with Gasteiger partial charge in [-0.05, 0) is 52.9 Å². The van der Waals surface area contributed by atoms with E-state index >= 15 is 0 Å². The standard InChI is InChI=1S/C14H8Cl2INO3/c15-9-2-1-3-10(16)12(9)13(19)18-11-5-4-7(17)6-8(11)14(20)21/h1-6H,(H,18,19)(H,20,21). The second-order valence-corrected chi connectivity index (χ2v) is 6.11. The van der Waals surface area contributed by atoms with E-state index in [4.69, 9.17) is 23.2 Å². The average molecular weight is 436 g/mol. The van der Waals surface area contributed by atoms with Crippen LogP contribution in [0.15, 0.2) is 36.4 Å². The summed E-state index contributed by atoms with van der Waals surface area (Å²) in [7, 11) is 0. The number of aromatic carboxylic acids is 1. The highest BCUT2D eigenvalue weighted by molar-refractivity contribution is 14.1. The van der Waals surface area contributed by atoms with Crippen LogP contribution >= 0.6 is 45.8 Å². The summed E-state index contributed by atoms with van der Waals surface area (Å²) < 4.78 is 0.749. The normalized spacial score (nSPS) is 10.2. The molecule has 0 heterocycles. The van der Waals surface area contributed by atoms with Crippen molar-refractivity contribution in [3.8, 4) is 0 Å². The Morgan fingerprint density at radius 3 is 2.29 bits per heavy atom. The molecule has 0 radical (unpaired) electrons. The lowest BCUT2D eigenvalue weighted by Gasteiger charge is -2.11. The van der Waals surface area contributed by atoms with Crippen LogP contribution in [0.1, 0.15) is 20.7 Å². The summed E-state index contributed by atoms with van der Waals surface area (Å²) in [6, 6.07) is 9.37. The summed E-state index contributed by atoms with van der Waals surface area (Å²) >= 11 is 13.9. The van der Waals surface area contributed by atoms with E-state index in [1.54, 1.807) is 12.1 Å². The predicted molar refractivity (Wildman–Crippen MR) is 90.5 cm³/mol. The molecule has 0 bridgehead atoms. The quantitative estimate of drug-likeness (QED) is 0.695. The molecule has 4 nitrogen and oxygen atoms in total. The van der Waals surface area contributed by atoms with E-state index in [1.807, 2.05) is 22.6 Å². The lowest BCUT2D eigenvalue weighted by atomic mass is 10.1. The Hall–Kier alpha value is -1.31. The number of carboxylic acids is 1. The molecule has 0 aromatic heterocycles. The zero-order valence-electron chi connectivity index (χ0n) is 10.4. The number of amides is 1. The zero-order valence-corrected chi connectivity index (χ0v) is 14.0. The lowest BCUT2D eigenvalue weighted by Crippen LogP contribution is -2.16. The third kappa shape index (κ3) is 3.66. The van der Waals surface area contributed by atoms with E-state index in [1.165, 1.54) is 24.3 Å². The van der Waals surface area contributed by atoms with Gasteiger partial charge < -0.3 is 10.4 Å². The van der Waals surface area contributed by atoms with Crippen molar-refractivity contribution in [1.82, 2.24) is 0 Å². The smallest absolute Gasteiger partial charge is 0.337 e. The third-order valence-corrected chi connectivity index (χ3v) is 3.95. The van der Waals surface area contributed by atoms with Gasteiger partial charge in [-0.25, -0.2) is 4.79 Å². The molecule has 2 aromatic rings. The van der Waals surface area contributed by atoms with Crippen molar-refractivity contribution < 1.29 is 14.7 Å². The van der Waals surface area contributed by atoms with E-state index in [9.17, 15) is 14.7 Å². The van der Waals surface area contributed by atoms with Crippen molar-refractivity contribution >= 4 is 63.4 Å². The highest BCUT2D eigenvalue weighted by Gasteiger charge is 2.18. The SMILES string of the molecule is O=C(O)c1cc(I)ccc1NC(=O)c1c(Cl)cccc1Cl. The molecule has 2 aromatic carbocycles. The molecule has 2 N–H and O–H groups in total. The topological polar surface area (TPSA) is 66.4 Å². The van der Waals surface area contributed by atoms with Crippen LogP contribution in [0.3, 0.4) is 0 Å². The molecule has 7 heteroatoms. The molecule has 0 saturated heterocycles. The minimum Gasteiger partial charge on any atom is -0.478 e. The summed E-state index contributed by atoms with van der Waals surface area (Å²) in [6.45, 7) is 0. The molecule has 21 heavy (non-hydrogen) atoms. The Morgan fingerprint density at radius 1 is 1.10 bits per heavy atom. The summed E-state index contributed by atoms with van der Waals surface area (Å²) in [5, 5.41) is 12.1. The number of carboxylic acid groups (broad SMARTS) is 1. The fourth-order valence-electron chi connectivity index (χ4n) is 1.70. The summed E-state index contributed by atoms with van der Waals surface area (Å²) in [4.78, 5) is 23.5. The first-order chi connectivity index (χ1) is 9.90. The van der Waals surface area contributed by atoms with Gasteiger partial charge in [0.2, 0.25) is 0 Å². The second kappa shape index (κ2) is 6.64. The maximum Gasteiger partial charge on any atom is 0.337 e. The van der Waals surface area contributed by atoms with Crippen LogP contribution < -0.4 is 5.32 Å². The number of carbonyl (C=O) groups is 2. The van der Waals surface area contributed by atoms with E-state index in [0.29, 0.717) is 0 Å². The molecular weight excluding hydrogens is 428 g/mol. The number of benzene rings is 2. The van der Waals surface area contributed by atoms with E-state index < -0.39 is 11.9 Å². The van der Waals surface area contributed by atoms with Gasteiger partial charge in [0.1, 0.15) is 0 Å². The van der Waals surface area contributed by atoms with Crippen molar-refractivity contribution in [3.63, 3.8) is 0 Å². The number of carbonyl (C=O) groups excluding carboxylic acids is 1. The Bertz CT molecular complexity index is 714. The van der Waals surface area contributed by atoms with Crippen LogP contribution in [0.25, 0.3) is 0 Å². The highest BCUT2D eigenvalue weighted by atomic mass is 127. The van der Waals surface area contributed by atoms with Gasteiger partial charge in [-0.15, -0.1) is 0 Å². The van der Waals surface area contributed by atoms with E-state index in [0.717, 1.165) is 3.57 Å². The molecule has 0 atom stereocenters. The number of halogens is 3. The minimum absolute atomic E-state index is 0.00146. The number of hydrogen-bond donors (Lipinski definition) is 2. The zero-order chi connectivity index (χ0) is 15.6. The average Bonchev–Trinajstić information content (AvgIpc) is 2.40. The molecule has 108 valence electrons. The Kier molecular flexibility index (Phi) is 5.08. The Balaban J connectivity index is 2.39. The second-order valence-electron chi connectivity index (χ2n) is 4.05. The van der Waals surface area contributed by atoms with Crippen LogP contribution in [0.5, 0.6) is 0 Å². The van der Waals surface area contributed by atoms with Crippen molar-refractivity contribution in [1.29, 1.82) is 0 Å². The van der Waals surface area contributed by atoms with Crippen molar-refractivity contribution in [2.45, 2.75) is 0 Å². The fraction of sp³-hybridized carbons (Fsp3) is 0. The molecular formula is C14H8Cl2INO3. The molecule has 1 amide bonds. The van der Waals surface area contributed by atoms with Gasteiger partial charge in [0.15, 0.2) is 0 Å². The van der Waals surface area contributed by atoms with Crippen LogP contribution in [-0.4, -0.2) is 17.0 Å². The molecule has 0 unspecified atom stereocenters. The first kappa shape index (κ1) is 16.1. The molecule has 0 aliphatic rings. The van der Waals surface area contributed by atoms with Gasteiger partial charge in [-0.3, -0.25) is 4.79 Å². The first-order valence-corrected chi connectivity index (χ1v) is 7.52. The summed E-state index contributed by atoms with van der Waals surface area (Å²) in [5.74, 6) is -1.69. The minimum atomic E-state index is -1.13. The van der Waals surface area contributed by atoms with Gasteiger partial charge in [-0.2, -0.15) is 0 Å².